The molecule has 0 radical (unpaired) electrons. The highest BCUT2D eigenvalue weighted by Crippen LogP contribution is 2.50. The van der Waals surface area contributed by atoms with E-state index in [2.05, 4.69) is 10.4 Å². The number of aliphatic hydroxyl groups is 1. The fourth-order valence-electron chi connectivity index (χ4n) is 4.87. The molecule has 0 bridgehead atoms. The Kier molecular flexibility index (Phi) is 5.83. The van der Waals surface area contributed by atoms with Gasteiger partial charge in [-0.25, -0.2) is 13.9 Å². The number of nitrogens with one attached hydrogen (secondary N) is 1. The number of aromatic nitrogens is 2. The number of nitrogens with zero attached hydrogens (tertiary/aromatic N) is 2. The Labute approximate surface area is 206 Å². The summed E-state index contributed by atoms with van der Waals surface area (Å²) in [7, 11) is 0. The second-order valence-corrected chi connectivity index (χ2v) is 8.98. The van der Waals surface area contributed by atoms with Crippen LogP contribution < -0.4 is 5.32 Å². The number of carbonyl (C=O) groups is 1. The number of rotatable bonds is 5. The van der Waals surface area contributed by atoms with E-state index in [-0.39, 0.29) is 5.82 Å². The lowest BCUT2D eigenvalue weighted by atomic mass is 9.77. The van der Waals surface area contributed by atoms with Crippen LogP contribution in [0.1, 0.15) is 35.6 Å². The van der Waals surface area contributed by atoms with E-state index in [4.69, 9.17) is 11.6 Å². The highest BCUT2D eigenvalue weighted by Gasteiger charge is 2.56. The molecule has 5 rings (SSSR count). The second-order valence-electron chi connectivity index (χ2n) is 8.54. The molecular weight excluding hydrogens is 469 g/mol. The molecule has 0 spiro atoms. The van der Waals surface area contributed by atoms with Gasteiger partial charge in [-0.1, -0.05) is 61.0 Å². The number of aliphatic carboxylic acids is 1. The third-order valence-corrected chi connectivity index (χ3v) is 6.79. The van der Waals surface area contributed by atoms with Gasteiger partial charge in [0, 0.05) is 16.1 Å². The highest BCUT2D eigenvalue weighted by molar-refractivity contribution is 6.30. The number of benzene rings is 3. The van der Waals surface area contributed by atoms with Gasteiger partial charge >= 0.3 is 5.97 Å². The lowest BCUT2D eigenvalue weighted by molar-refractivity contribution is -0.179. The molecule has 178 valence electrons. The van der Waals surface area contributed by atoms with Crippen LogP contribution in [0.25, 0.3) is 11.3 Å². The summed E-state index contributed by atoms with van der Waals surface area (Å²) in [5.41, 5.74) is 0.821. The van der Waals surface area contributed by atoms with Gasteiger partial charge in [0.1, 0.15) is 11.6 Å². The van der Waals surface area contributed by atoms with Crippen molar-refractivity contribution in [1.82, 2.24) is 9.78 Å². The summed E-state index contributed by atoms with van der Waals surface area (Å²) >= 11 is 6.12. The summed E-state index contributed by atoms with van der Waals surface area (Å²) < 4.78 is 14.7. The molecule has 1 aromatic heterocycles. The van der Waals surface area contributed by atoms with Crippen LogP contribution in [0.4, 0.5) is 10.2 Å². The van der Waals surface area contributed by atoms with Crippen molar-refractivity contribution in [1.29, 1.82) is 0 Å². The van der Waals surface area contributed by atoms with E-state index in [1.807, 2.05) is 25.1 Å². The molecule has 3 aromatic carbocycles. The molecule has 35 heavy (non-hydrogen) atoms. The minimum absolute atomic E-state index is 0.386. The van der Waals surface area contributed by atoms with Crippen LogP contribution in [-0.4, -0.2) is 26.0 Å². The standard InChI is InChI=1S/C27H23ClFN3O3/c1-2-21-23(17-10-14-20(29)15-11-17)31-32-25(21)30-24(18-8-12-19(28)13-9-18)22(27(32,35)26(33)34)16-6-4-3-5-7-16/h3-15,22,24,30,35H,2H2,1H3,(H,33,34)/t22-,24+,27-/m0/s1. The van der Waals surface area contributed by atoms with Gasteiger partial charge in [-0.15, -0.1) is 0 Å². The molecule has 8 heteroatoms. The van der Waals surface area contributed by atoms with E-state index in [0.717, 1.165) is 15.8 Å². The summed E-state index contributed by atoms with van der Waals surface area (Å²) in [5, 5.41) is 31.1. The van der Waals surface area contributed by atoms with Gasteiger partial charge in [-0.3, -0.25) is 0 Å². The highest BCUT2D eigenvalue weighted by atomic mass is 35.5. The molecule has 0 saturated carbocycles. The van der Waals surface area contributed by atoms with Crippen molar-refractivity contribution in [2.45, 2.75) is 31.0 Å². The summed E-state index contributed by atoms with van der Waals surface area (Å²) in [6.07, 6.45) is 0.508. The molecule has 4 aromatic rings. The predicted molar refractivity (Wildman–Crippen MR) is 132 cm³/mol. The van der Waals surface area contributed by atoms with Crippen LogP contribution >= 0.6 is 11.6 Å². The molecule has 0 saturated heterocycles. The van der Waals surface area contributed by atoms with Crippen LogP contribution in [0.2, 0.25) is 5.02 Å². The number of carboxylic acid groups (broad SMARTS) is 1. The number of hydrogen-bond donors (Lipinski definition) is 3. The van der Waals surface area contributed by atoms with Crippen molar-refractivity contribution in [3.05, 3.63) is 106 Å². The summed E-state index contributed by atoms with van der Waals surface area (Å²) in [4.78, 5) is 12.8. The number of halogens is 2. The average molecular weight is 492 g/mol. The van der Waals surface area contributed by atoms with E-state index in [0.29, 0.717) is 34.1 Å². The van der Waals surface area contributed by atoms with E-state index >= 15 is 0 Å². The van der Waals surface area contributed by atoms with Crippen molar-refractivity contribution in [2.75, 3.05) is 5.32 Å². The molecule has 6 nitrogen and oxygen atoms in total. The molecule has 0 aliphatic carbocycles. The number of hydrogen-bond acceptors (Lipinski definition) is 4. The maximum atomic E-state index is 13.6. The van der Waals surface area contributed by atoms with E-state index in [1.54, 1.807) is 48.5 Å². The third kappa shape index (κ3) is 3.77. The number of carboxylic acids is 1. The van der Waals surface area contributed by atoms with E-state index in [1.165, 1.54) is 12.1 Å². The number of fused-ring (bicyclic) bond motifs is 1. The van der Waals surface area contributed by atoms with Gasteiger partial charge in [-0.05, 0) is 53.9 Å². The zero-order valence-corrected chi connectivity index (χ0v) is 19.6. The Hall–Kier alpha value is -3.68. The maximum Gasteiger partial charge on any atom is 0.360 e. The van der Waals surface area contributed by atoms with Gasteiger partial charge < -0.3 is 15.5 Å². The Morgan fingerprint density at radius 3 is 2.31 bits per heavy atom. The Balaban J connectivity index is 1.79. The Morgan fingerprint density at radius 2 is 1.71 bits per heavy atom. The van der Waals surface area contributed by atoms with Crippen LogP contribution in [0.15, 0.2) is 78.9 Å². The summed E-state index contributed by atoms with van der Waals surface area (Å²) in [6, 6.07) is 21.3. The first-order valence-corrected chi connectivity index (χ1v) is 11.6. The van der Waals surface area contributed by atoms with Crippen LogP contribution in [0, 0.1) is 5.82 Å². The van der Waals surface area contributed by atoms with Gasteiger partial charge in [0.2, 0.25) is 0 Å². The van der Waals surface area contributed by atoms with Gasteiger partial charge in [0.25, 0.3) is 5.72 Å². The van der Waals surface area contributed by atoms with Gasteiger partial charge in [0.05, 0.1) is 17.7 Å². The molecule has 3 atom stereocenters. The SMILES string of the molecule is CCc1c(-c2ccc(F)cc2)nn2c1N[C@H](c1ccc(Cl)cc1)[C@H](c1ccccc1)[C@]2(O)C(=O)O. The summed E-state index contributed by atoms with van der Waals surface area (Å²) in [6.45, 7) is 1.92. The first kappa shape index (κ1) is 23.1. The van der Waals surface area contributed by atoms with Gasteiger partial charge in [0.15, 0.2) is 0 Å². The quantitative estimate of drug-likeness (QED) is 0.339. The van der Waals surface area contributed by atoms with Crippen LogP contribution in [-0.2, 0) is 16.9 Å². The molecule has 2 heterocycles. The smallest absolute Gasteiger partial charge is 0.360 e. The molecule has 1 aliphatic rings. The maximum absolute atomic E-state index is 13.6. The van der Waals surface area contributed by atoms with Crippen molar-refractivity contribution in [2.24, 2.45) is 0 Å². The average Bonchev–Trinajstić information content (AvgIpc) is 3.24. The van der Waals surface area contributed by atoms with Gasteiger partial charge in [-0.2, -0.15) is 5.10 Å². The topological polar surface area (TPSA) is 87.4 Å². The lowest BCUT2D eigenvalue weighted by Gasteiger charge is -2.44. The largest absolute Gasteiger partial charge is 0.478 e. The predicted octanol–water partition coefficient (Wildman–Crippen LogP) is 5.59. The number of anilines is 1. The fourth-order valence-corrected chi connectivity index (χ4v) is 5.00. The first-order valence-electron chi connectivity index (χ1n) is 11.3. The zero-order chi connectivity index (χ0) is 24.7. The molecule has 1 aliphatic heterocycles. The third-order valence-electron chi connectivity index (χ3n) is 6.54. The molecule has 3 N–H and O–H groups in total. The van der Waals surface area contributed by atoms with Crippen LogP contribution in [0.3, 0.4) is 0 Å². The molecular formula is C27H23ClFN3O3. The Morgan fingerprint density at radius 1 is 1.06 bits per heavy atom. The molecule has 0 amide bonds. The monoisotopic (exact) mass is 491 g/mol. The molecule has 0 unspecified atom stereocenters. The van der Waals surface area contributed by atoms with Crippen molar-refractivity contribution in [3.63, 3.8) is 0 Å². The fraction of sp³-hybridized carbons (Fsp3) is 0.185. The first-order chi connectivity index (χ1) is 16.8. The minimum atomic E-state index is -2.41. The normalized spacial score (nSPS) is 21.3. The van der Waals surface area contributed by atoms with E-state index in [9.17, 15) is 19.4 Å². The lowest BCUT2D eigenvalue weighted by Crippen LogP contribution is -2.54. The summed E-state index contributed by atoms with van der Waals surface area (Å²) in [5.74, 6) is -2.34. The molecule has 0 fully saturated rings. The minimum Gasteiger partial charge on any atom is -0.478 e. The van der Waals surface area contributed by atoms with Crippen molar-refractivity contribution >= 4 is 23.4 Å². The van der Waals surface area contributed by atoms with E-state index < -0.39 is 23.7 Å². The second kappa shape index (κ2) is 8.83. The van der Waals surface area contributed by atoms with Crippen molar-refractivity contribution in [3.8, 4) is 11.3 Å². The zero-order valence-electron chi connectivity index (χ0n) is 18.8. The van der Waals surface area contributed by atoms with Crippen molar-refractivity contribution < 1.29 is 19.4 Å². The van der Waals surface area contributed by atoms with Crippen LogP contribution in [0.5, 0.6) is 0 Å². The Bertz CT molecular complexity index is 1370.